The Morgan fingerprint density at radius 2 is 1.22 bits per heavy atom. The SMILES string of the molecule is CCC[C@H](O)[C@H](O)[C@@H](O)[C@H](O)[C@@H](O)CCCCO. The molecule has 0 aromatic heterocycles. The molecule has 0 aliphatic rings. The fourth-order valence-corrected chi connectivity index (χ4v) is 1.76. The second kappa shape index (κ2) is 9.66. The first kappa shape index (κ1) is 17.8. The predicted molar refractivity (Wildman–Crippen MR) is 65.9 cm³/mol. The monoisotopic (exact) mass is 266 g/mol. The lowest BCUT2D eigenvalue weighted by atomic mass is 9.95. The molecule has 18 heavy (non-hydrogen) atoms. The molecule has 0 aromatic rings. The summed E-state index contributed by atoms with van der Waals surface area (Å²) in [5.74, 6) is 0. The van der Waals surface area contributed by atoms with Crippen LogP contribution in [0.3, 0.4) is 0 Å². The largest absolute Gasteiger partial charge is 0.396 e. The molecule has 0 radical (unpaired) electrons. The second-order valence-electron chi connectivity index (χ2n) is 4.61. The third kappa shape index (κ3) is 6.08. The van der Waals surface area contributed by atoms with Gasteiger partial charge in [0.15, 0.2) is 0 Å². The van der Waals surface area contributed by atoms with E-state index in [0.717, 1.165) is 0 Å². The van der Waals surface area contributed by atoms with E-state index in [1.165, 1.54) is 0 Å². The minimum Gasteiger partial charge on any atom is -0.396 e. The Kier molecular flexibility index (Phi) is 9.53. The van der Waals surface area contributed by atoms with Crippen molar-refractivity contribution < 1.29 is 30.6 Å². The van der Waals surface area contributed by atoms with Gasteiger partial charge in [-0.05, 0) is 25.7 Å². The van der Waals surface area contributed by atoms with Crippen LogP contribution in [0.5, 0.6) is 0 Å². The van der Waals surface area contributed by atoms with Gasteiger partial charge in [0, 0.05) is 6.61 Å². The molecule has 0 saturated carbocycles. The summed E-state index contributed by atoms with van der Waals surface area (Å²) in [6, 6.07) is 0. The summed E-state index contributed by atoms with van der Waals surface area (Å²) in [6.45, 7) is 1.83. The van der Waals surface area contributed by atoms with Crippen LogP contribution in [0, 0.1) is 0 Å². The van der Waals surface area contributed by atoms with E-state index < -0.39 is 30.5 Å². The molecule has 0 aromatic carbocycles. The molecule has 6 nitrogen and oxygen atoms in total. The van der Waals surface area contributed by atoms with Gasteiger partial charge < -0.3 is 30.6 Å². The van der Waals surface area contributed by atoms with Crippen molar-refractivity contribution in [3.05, 3.63) is 0 Å². The lowest BCUT2D eigenvalue weighted by Gasteiger charge is -2.29. The van der Waals surface area contributed by atoms with Crippen LogP contribution in [0.15, 0.2) is 0 Å². The predicted octanol–water partition coefficient (Wildman–Crippen LogP) is -1.25. The van der Waals surface area contributed by atoms with Crippen LogP contribution in [-0.2, 0) is 0 Å². The molecule has 0 spiro atoms. The maximum absolute atomic E-state index is 9.64. The van der Waals surface area contributed by atoms with Gasteiger partial charge in [-0.25, -0.2) is 0 Å². The maximum Gasteiger partial charge on any atom is 0.111 e. The van der Waals surface area contributed by atoms with Crippen molar-refractivity contribution in [2.45, 2.75) is 69.5 Å². The van der Waals surface area contributed by atoms with Crippen LogP contribution in [0.1, 0.15) is 39.0 Å². The zero-order valence-corrected chi connectivity index (χ0v) is 10.8. The van der Waals surface area contributed by atoms with Crippen molar-refractivity contribution in [1.82, 2.24) is 0 Å². The van der Waals surface area contributed by atoms with E-state index >= 15 is 0 Å². The molecule has 0 rings (SSSR count). The molecule has 0 fully saturated rings. The van der Waals surface area contributed by atoms with Crippen molar-refractivity contribution in [3.8, 4) is 0 Å². The first-order chi connectivity index (χ1) is 8.45. The van der Waals surface area contributed by atoms with E-state index in [2.05, 4.69) is 0 Å². The van der Waals surface area contributed by atoms with Crippen LogP contribution in [0.25, 0.3) is 0 Å². The highest BCUT2D eigenvalue weighted by atomic mass is 16.4. The molecule has 5 atom stereocenters. The fraction of sp³-hybridized carbons (Fsp3) is 1.00. The first-order valence-electron chi connectivity index (χ1n) is 6.46. The highest BCUT2D eigenvalue weighted by Gasteiger charge is 2.33. The van der Waals surface area contributed by atoms with Gasteiger partial charge in [-0.1, -0.05) is 13.3 Å². The van der Waals surface area contributed by atoms with Gasteiger partial charge in [-0.15, -0.1) is 0 Å². The number of rotatable bonds is 10. The van der Waals surface area contributed by atoms with Gasteiger partial charge >= 0.3 is 0 Å². The topological polar surface area (TPSA) is 121 Å². The van der Waals surface area contributed by atoms with Crippen molar-refractivity contribution in [2.75, 3.05) is 6.61 Å². The van der Waals surface area contributed by atoms with E-state index in [0.29, 0.717) is 25.7 Å². The summed E-state index contributed by atoms with van der Waals surface area (Å²) < 4.78 is 0. The zero-order chi connectivity index (χ0) is 14.1. The molecule has 0 aliphatic carbocycles. The van der Waals surface area contributed by atoms with Gasteiger partial charge in [0.25, 0.3) is 0 Å². The quantitative estimate of drug-likeness (QED) is 0.275. The minimum atomic E-state index is -1.59. The Morgan fingerprint density at radius 3 is 1.67 bits per heavy atom. The molecule has 0 amide bonds. The second-order valence-corrected chi connectivity index (χ2v) is 4.61. The Balaban J connectivity index is 4.17. The van der Waals surface area contributed by atoms with E-state index in [1.807, 2.05) is 6.92 Å². The van der Waals surface area contributed by atoms with Crippen LogP contribution < -0.4 is 0 Å². The molecule has 0 unspecified atom stereocenters. The van der Waals surface area contributed by atoms with Gasteiger partial charge in [-0.3, -0.25) is 0 Å². The average Bonchev–Trinajstić information content (AvgIpc) is 2.36. The molecule has 0 saturated heterocycles. The van der Waals surface area contributed by atoms with Gasteiger partial charge in [0.2, 0.25) is 0 Å². The molecule has 0 heterocycles. The van der Waals surface area contributed by atoms with Crippen molar-refractivity contribution in [1.29, 1.82) is 0 Å². The number of aliphatic hydroxyl groups excluding tert-OH is 6. The highest BCUT2D eigenvalue weighted by Crippen LogP contribution is 2.14. The van der Waals surface area contributed by atoms with E-state index in [-0.39, 0.29) is 13.0 Å². The molecule has 6 heteroatoms. The Bertz CT molecular complexity index is 201. The summed E-state index contributed by atoms with van der Waals surface area (Å²) in [5.41, 5.74) is 0. The minimum absolute atomic E-state index is 0.00318. The van der Waals surface area contributed by atoms with E-state index in [1.54, 1.807) is 0 Å². The molecule has 0 bridgehead atoms. The van der Waals surface area contributed by atoms with Crippen molar-refractivity contribution >= 4 is 0 Å². The van der Waals surface area contributed by atoms with Crippen LogP contribution >= 0.6 is 0 Å². The van der Waals surface area contributed by atoms with Crippen LogP contribution in [0.4, 0.5) is 0 Å². The number of unbranched alkanes of at least 4 members (excludes halogenated alkanes) is 1. The molecule has 6 N–H and O–H groups in total. The summed E-state index contributed by atoms with van der Waals surface area (Å²) in [5, 5.41) is 56.5. The molecular formula is C12H26O6. The standard InChI is InChI=1S/C12H26O6/c1-2-5-8(14)10(16)12(18)11(17)9(15)6-3-4-7-13/h8-18H,2-7H2,1H3/t8-,9-,10-,11+,12+/m0/s1. The third-order valence-electron chi connectivity index (χ3n) is 2.98. The molecule has 110 valence electrons. The fourth-order valence-electron chi connectivity index (χ4n) is 1.76. The average molecular weight is 266 g/mol. The van der Waals surface area contributed by atoms with Gasteiger partial charge in [0.05, 0.1) is 12.2 Å². The Morgan fingerprint density at radius 1 is 0.722 bits per heavy atom. The molecule has 0 aliphatic heterocycles. The maximum atomic E-state index is 9.64. The van der Waals surface area contributed by atoms with Crippen LogP contribution in [-0.4, -0.2) is 67.8 Å². The number of aliphatic hydroxyl groups is 6. The first-order valence-corrected chi connectivity index (χ1v) is 6.46. The van der Waals surface area contributed by atoms with Crippen LogP contribution in [0.2, 0.25) is 0 Å². The van der Waals surface area contributed by atoms with Gasteiger partial charge in [0.1, 0.15) is 18.3 Å². The Labute approximate surface area is 108 Å². The summed E-state index contributed by atoms with van der Waals surface area (Å²) >= 11 is 0. The number of hydrogen-bond acceptors (Lipinski definition) is 6. The van der Waals surface area contributed by atoms with Gasteiger partial charge in [-0.2, -0.15) is 0 Å². The normalized spacial score (nSPS) is 20.2. The van der Waals surface area contributed by atoms with Crippen molar-refractivity contribution in [2.24, 2.45) is 0 Å². The lowest BCUT2D eigenvalue weighted by Crippen LogP contribution is -2.49. The highest BCUT2D eigenvalue weighted by molar-refractivity contribution is 4.84. The summed E-state index contributed by atoms with van der Waals surface area (Å²) in [7, 11) is 0. The third-order valence-corrected chi connectivity index (χ3v) is 2.98. The van der Waals surface area contributed by atoms with Crippen molar-refractivity contribution in [3.63, 3.8) is 0 Å². The smallest absolute Gasteiger partial charge is 0.111 e. The van der Waals surface area contributed by atoms with E-state index in [4.69, 9.17) is 5.11 Å². The summed E-state index contributed by atoms with van der Waals surface area (Å²) in [4.78, 5) is 0. The lowest BCUT2D eigenvalue weighted by molar-refractivity contribution is -0.135. The zero-order valence-electron chi connectivity index (χ0n) is 10.8. The summed E-state index contributed by atoms with van der Waals surface area (Å²) in [6.07, 6.45) is -4.70. The Hall–Kier alpha value is -0.240. The molecular weight excluding hydrogens is 240 g/mol. The van der Waals surface area contributed by atoms with E-state index in [9.17, 15) is 25.5 Å². The number of hydrogen-bond donors (Lipinski definition) is 6.